The topological polar surface area (TPSA) is 29.9 Å². The summed E-state index contributed by atoms with van der Waals surface area (Å²) in [6, 6.07) is 3.11. The summed E-state index contributed by atoms with van der Waals surface area (Å²) < 4.78 is 2.43. The Hall–Kier alpha value is -0.830. The monoisotopic (exact) mass is 245 g/mol. The fourth-order valence-corrected chi connectivity index (χ4v) is 4.18. The summed E-state index contributed by atoms with van der Waals surface area (Å²) >= 11 is 0. The smallest absolute Gasteiger partial charge is 0.0625 e. The van der Waals surface area contributed by atoms with Gasteiger partial charge in [0.05, 0.1) is 11.7 Å². The predicted octanol–water partition coefficient (Wildman–Crippen LogP) is 2.49. The van der Waals surface area contributed by atoms with Crippen molar-refractivity contribution in [3.8, 4) is 0 Å². The van der Waals surface area contributed by atoms with Gasteiger partial charge in [-0.05, 0) is 50.3 Å². The van der Waals surface area contributed by atoms with Crippen molar-refractivity contribution in [2.75, 3.05) is 13.1 Å². The third-order valence-electron chi connectivity index (χ3n) is 5.28. The third kappa shape index (κ3) is 1.56. The van der Waals surface area contributed by atoms with Gasteiger partial charge in [0.2, 0.25) is 0 Å². The number of aryl methyl sites for hydroxylation is 1. The zero-order chi connectivity index (χ0) is 12.1. The van der Waals surface area contributed by atoms with Gasteiger partial charge in [0.15, 0.2) is 0 Å². The lowest BCUT2D eigenvalue weighted by atomic mass is 10.1. The minimum Gasteiger partial charge on any atom is -0.316 e. The van der Waals surface area contributed by atoms with Gasteiger partial charge in [-0.1, -0.05) is 19.8 Å². The van der Waals surface area contributed by atoms with Crippen LogP contribution in [0.3, 0.4) is 0 Å². The summed E-state index contributed by atoms with van der Waals surface area (Å²) in [5, 5.41) is 8.40. The molecule has 2 atom stereocenters. The Balaban J connectivity index is 1.66. The summed E-state index contributed by atoms with van der Waals surface area (Å²) in [5.74, 6) is 2.64. The Kier molecular flexibility index (Phi) is 2.51. The first-order valence-corrected chi connectivity index (χ1v) is 7.67. The molecular weight excluding hydrogens is 222 g/mol. The number of hydrogen-bond acceptors (Lipinski definition) is 2. The quantitative estimate of drug-likeness (QED) is 0.886. The molecule has 0 radical (unpaired) electrons. The fourth-order valence-electron chi connectivity index (χ4n) is 4.18. The van der Waals surface area contributed by atoms with Crippen molar-refractivity contribution in [3.63, 3.8) is 0 Å². The van der Waals surface area contributed by atoms with Crippen LogP contribution in [0.5, 0.6) is 0 Å². The Morgan fingerprint density at radius 2 is 2.00 bits per heavy atom. The van der Waals surface area contributed by atoms with E-state index in [2.05, 4.69) is 23.0 Å². The fraction of sp³-hybridized carbons (Fsp3) is 0.800. The van der Waals surface area contributed by atoms with Gasteiger partial charge in [-0.3, -0.25) is 4.68 Å². The number of aromatic nitrogens is 2. The van der Waals surface area contributed by atoms with Crippen molar-refractivity contribution in [1.82, 2.24) is 15.1 Å². The molecule has 4 rings (SSSR count). The molecule has 2 aliphatic carbocycles. The zero-order valence-corrected chi connectivity index (χ0v) is 11.2. The van der Waals surface area contributed by atoms with Gasteiger partial charge >= 0.3 is 0 Å². The molecule has 1 saturated heterocycles. The highest BCUT2D eigenvalue weighted by atomic mass is 15.3. The molecule has 1 aliphatic heterocycles. The summed E-state index contributed by atoms with van der Waals surface area (Å²) in [7, 11) is 0. The van der Waals surface area contributed by atoms with E-state index in [0.29, 0.717) is 6.04 Å². The normalized spacial score (nSPS) is 35.1. The van der Waals surface area contributed by atoms with E-state index < -0.39 is 0 Å². The van der Waals surface area contributed by atoms with Gasteiger partial charge in [-0.15, -0.1) is 0 Å². The first-order chi connectivity index (χ1) is 8.88. The molecule has 3 heteroatoms. The van der Waals surface area contributed by atoms with Crippen LogP contribution in [0.2, 0.25) is 0 Å². The number of nitrogens with one attached hydrogen (secondary N) is 1. The molecular formula is C15H23N3. The number of piperidine rings is 1. The molecule has 0 amide bonds. The van der Waals surface area contributed by atoms with Crippen LogP contribution in [0.25, 0.3) is 0 Å². The maximum Gasteiger partial charge on any atom is 0.0625 e. The lowest BCUT2D eigenvalue weighted by Gasteiger charge is -2.15. The van der Waals surface area contributed by atoms with Crippen LogP contribution in [0, 0.1) is 11.8 Å². The maximum atomic E-state index is 4.90. The molecule has 0 spiro atoms. The van der Waals surface area contributed by atoms with Gasteiger partial charge in [0.25, 0.3) is 0 Å². The average Bonchev–Trinajstić information content (AvgIpc) is 2.96. The minimum atomic E-state index is 0.703. The largest absolute Gasteiger partial charge is 0.316 e. The van der Waals surface area contributed by atoms with Crippen LogP contribution in [-0.4, -0.2) is 22.9 Å². The first kappa shape index (κ1) is 11.0. The van der Waals surface area contributed by atoms with E-state index in [1.807, 2.05) is 0 Å². The molecule has 2 unspecified atom stereocenters. The van der Waals surface area contributed by atoms with Crippen molar-refractivity contribution in [1.29, 1.82) is 0 Å². The molecule has 0 bridgehead atoms. The average molecular weight is 245 g/mol. The molecule has 3 nitrogen and oxygen atoms in total. The first-order valence-electron chi connectivity index (χ1n) is 7.67. The zero-order valence-electron chi connectivity index (χ0n) is 11.2. The highest BCUT2D eigenvalue weighted by Crippen LogP contribution is 2.56. The molecule has 3 aliphatic rings. The van der Waals surface area contributed by atoms with Crippen LogP contribution in [0.4, 0.5) is 0 Å². The molecule has 1 aromatic rings. The van der Waals surface area contributed by atoms with E-state index >= 15 is 0 Å². The molecule has 0 aromatic carbocycles. The highest BCUT2D eigenvalue weighted by Gasteiger charge is 2.55. The Morgan fingerprint density at radius 3 is 2.67 bits per heavy atom. The van der Waals surface area contributed by atoms with E-state index in [1.54, 1.807) is 5.69 Å². The molecule has 2 heterocycles. The minimum absolute atomic E-state index is 0.703. The van der Waals surface area contributed by atoms with Crippen molar-refractivity contribution in [3.05, 3.63) is 17.5 Å². The van der Waals surface area contributed by atoms with E-state index in [1.165, 1.54) is 44.5 Å². The third-order valence-corrected chi connectivity index (χ3v) is 5.28. The van der Waals surface area contributed by atoms with Gasteiger partial charge in [-0.2, -0.15) is 5.10 Å². The second-order valence-electron chi connectivity index (χ2n) is 6.31. The van der Waals surface area contributed by atoms with Crippen LogP contribution in [0.15, 0.2) is 6.07 Å². The summed E-state index contributed by atoms with van der Waals surface area (Å²) in [6.45, 7) is 4.68. The molecule has 18 heavy (non-hydrogen) atoms. The second kappa shape index (κ2) is 4.09. The Bertz CT molecular complexity index is 435. The summed E-state index contributed by atoms with van der Waals surface area (Å²) in [5.41, 5.74) is 2.87. The van der Waals surface area contributed by atoms with Crippen molar-refractivity contribution in [2.45, 2.75) is 51.0 Å². The van der Waals surface area contributed by atoms with Crippen molar-refractivity contribution < 1.29 is 0 Å². The van der Waals surface area contributed by atoms with Crippen LogP contribution in [0.1, 0.15) is 56.0 Å². The maximum absolute atomic E-state index is 4.90. The Labute approximate surface area is 109 Å². The van der Waals surface area contributed by atoms with E-state index in [4.69, 9.17) is 5.10 Å². The van der Waals surface area contributed by atoms with Gasteiger partial charge < -0.3 is 5.32 Å². The lowest BCUT2D eigenvalue weighted by molar-refractivity contribution is 0.440. The molecule has 98 valence electrons. The SMILES string of the molecule is CCc1cc(C2C3CNCC32)n(C2CCCC2)n1. The number of rotatable bonds is 3. The Morgan fingerprint density at radius 1 is 1.28 bits per heavy atom. The van der Waals surface area contributed by atoms with Crippen molar-refractivity contribution in [2.24, 2.45) is 11.8 Å². The summed E-state index contributed by atoms with van der Waals surface area (Å²) in [6.07, 6.45) is 6.55. The molecule has 3 fully saturated rings. The number of nitrogens with zero attached hydrogens (tertiary/aromatic N) is 2. The van der Waals surface area contributed by atoms with E-state index in [0.717, 1.165) is 24.2 Å². The molecule has 1 N–H and O–H groups in total. The van der Waals surface area contributed by atoms with E-state index in [-0.39, 0.29) is 0 Å². The van der Waals surface area contributed by atoms with Crippen molar-refractivity contribution >= 4 is 0 Å². The molecule has 2 saturated carbocycles. The second-order valence-corrected chi connectivity index (χ2v) is 6.31. The predicted molar refractivity (Wildman–Crippen MR) is 71.7 cm³/mol. The van der Waals surface area contributed by atoms with Crippen LogP contribution >= 0.6 is 0 Å². The van der Waals surface area contributed by atoms with Gasteiger partial charge in [-0.25, -0.2) is 0 Å². The molecule has 1 aromatic heterocycles. The van der Waals surface area contributed by atoms with Crippen LogP contribution in [-0.2, 0) is 6.42 Å². The number of hydrogen-bond donors (Lipinski definition) is 1. The van der Waals surface area contributed by atoms with E-state index in [9.17, 15) is 0 Å². The summed E-state index contributed by atoms with van der Waals surface area (Å²) in [4.78, 5) is 0. The number of fused-ring (bicyclic) bond motifs is 1. The highest BCUT2D eigenvalue weighted by molar-refractivity contribution is 5.27. The van der Waals surface area contributed by atoms with Gasteiger partial charge in [0.1, 0.15) is 0 Å². The van der Waals surface area contributed by atoms with Gasteiger partial charge in [0, 0.05) is 11.6 Å². The lowest BCUT2D eigenvalue weighted by Crippen LogP contribution is -2.17. The van der Waals surface area contributed by atoms with Crippen LogP contribution < -0.4 is 5.32 Å². The standard InChI is InChI=1S/C15H23N3/c1-2-10-7-14(15-12-8-16-9-13(12)15)18(17-10)11-5-3-4-6-11/h7,11-13,15-16H,2-6,8-9H2,1H3.